The van der Waals surface area contributed by atoms with E-state index in [1.165, 1.54) is 6.07 Å². The molecule has 4 rings (SSSR count). The van der Waals surface area contributed by atoms with E-state index in [-0.39, 0.29) is 0 Å². The summed E-state index contributed by atoms with van der Waals surface area (Å²) in [6.45, 7) is 3.08. The van der Waals surface area contributed by atoms with E-state index >= 15 is 0 Å². The highest BCUT2D eigenvalue weighted by Crippen LogP contribution is 2.35. The molecule has 0 N–H and O–H groups in total. The van der Waals surface area contributed by atoms with Crippen molar-refractivity contribution in [3.63, 3.8) is 0 Å². The van der Waals surface area contributed by atoms with Gasteiger partial charge in [-0.25, -0.2) is 0 Å². The number of anilines is 1. The Kier molecular flexibility index (Phi) is 5.44. The minimum Gasteiger partial charge on any atom is -0.362 e. The van der Waals surface area contributed by atoms with Crippen molar-refractivity contribution in [2.45, 2.75) is 26.2 Å². The molecule has 152 valence electrons. The van der Waals surface area contributed by atoms with Gasteiger partial charge in [-0.2, -0.15) is 13.2 Å². The van der Waals surface area contributed by atoms with Gasteiger partial charge < -0.3 is 4.90 Å². The van der Waals surface area contributed by atoms with Crippen molar-refractivity contribution in [3.05, 3.63) is 107 Å². The van der Waals surface area contributed by atoms with Gasteiger partial charge in [0, 0.05) is 29.9 Å². The fourth-order valence-electron chi connectivity index (χ4n) is 3.61. The van der Waals surface area contributed by atoms with E-state index in [2.05, 4.69) is 34.1 Å². The molecule has 0 spiro atoms. The highest BCUT2D eigenvalue weighted by Gasteiger charge is 2.31. The molecule has 30 heavy (non-hydrogen) atoms. The van der Waals surface area contributed by atoms with E-state index in [0.717, 1.165) is 28.9 Å². The van der Waals surface area contributed by atoms with Gasteiger partial charge >= 0.3 is 6.18 Å². The second-order valence-corrected chi connectivity index (χ2v) is 7.34. The molecule has 0 saturated carbocycles. The summed E-state index contributed by atoms with van der Waals surface area (Å²) in [5, 5.41) is 0.709. The SMILES string of the molecule is Cc1cc(N(Cc2ccccc2)Cc2ccccc2)c2ccc(C(F)(F)F)cc2n1. The molecule has 0 aliphatic rings. The third-order valence-corrected chi connectivity index (χ3v) is 5.02. The Morgan fingerprint density at radius 1 is 0.767 bits per heavy atom. The zero-order valence-corrected chi connectivity index (χ0v) is 16.5. The summed E-state index contributed by atoms with van der Waals surface area (Å²) >= 11 is 0. The highest BCUT2D eigenvalue weighted by atomic mass is 19.4. The molecule has 4 aromatic rings. The minimum atomic E-state index is -4.40. The molecule has 0 aliphatic heterocycles. The largest absolute Gasteiger partial charge is 0.416 e. The Hall–Kier alpha value is -3.34. The van der Waals surface area contributed by atoms with Crippen molar-refractivity contribution in [3.8, 4) is 0 Å². The highest BCUT2D eigenvalue weighted by molar-refractivity contribution is 5.92. The van der Waals surface area contributed by atoms with Crippen molar-refractivity contribution < 1.29 is 13.2 Å². The molecule has 1 heterocycles. The molecule has 0 radical (unpaired) electrons. The van der Waals surface area contributed by atoms with Gasteiger partial charge in [0.2, 0.25) is 0 Å². The van der Waals surface area contributed by atoms with Crippen LogP contribution in [0.15, 0.2) is 84.9 Å². The van der Waals surface area contributed by atoms with Gasteiger partial charge in [-0.15, -0.1) is 0 Å². The Morgan fingerprint density at radius 2 is 1.33 bits per heavy atom. The quantitative estimate of drug-likeness (QED) is 0.364. The molecule has 0 aliphatic carbocycles. The zero-order valence-electron chi connectivity index (χ0n) is 16.5. The van der Waals surface area contributed by atoms with Crippen LogP contribution in [0.4, 0.5) is 18.9 Å². The molecular weight excluding hydrogens is 385 g/mol. The number of benzene rings is 3. The molecule has 5 heteroatoms. The van der Waals surface area contributed by atoms with E-state index in [1.54, 1.807) is 0 Å². The van der Waals surface area contributed by atoms with Crippen LogP contribution < -0.4 is 4.90 Å². The maximum Gasteiger partial charge on any atom is 0.416 e. The average Bonchev–Trinajstić information content (AvgIpc) is 2.73. The van der Waals surface area contributed by atoms with Gasteiger partial charge in [-0.05, 0) is 36.2 Å². The topological polar surface area (TPSA) is 16.1 Å². The number of aromatic nitrogens is 1. The van der Waals surface area contributed by atoms with Crippen LogP contribution in [0.1, 0.15) is 22.4 Å². The molecule has 2 nitrogen and oxygen atoms in total. The normalized spacial score (nSPS) is 11.6. The fraction of sp³-hybridized carbons (Fsp3) is 0.160. The lowest BCUT2D eigenvalue weighted by Crippen LogP contribution is -2.22. The molecule has 1 aromatic heterocycles. The Bertz CT molecular complexity index is 1100. The van der Waals surface area contributed by atoms with Crippen molar-refractivity contribution >= 4 is 16.6 Å². The number of alkyl halides is 3. The molecule has 0 atom stereocenters. The first-order valence-electron chi connectivity index (χ1n) is 9.71. The zero-order chi connectivity index (χ0) is 21.1. The number of aryl methyl sites for hydroxylation is 1. The summed E-state index contributed by atoms with van der Waals surface area (Å²) in [5.41, 5.74) is 3.48. The smallest absolute Gasteiger partial charge is 0.362 e. The maximum atomic E-state index is 13.2. The van der Waals surface area contributed by atoms with Crippen molar-refractivity contribution in [1.82, 2.24) is 4.98 Å². The van der Waals surface area contributed by atoms with Crippen molar-refractivity contribution in [1.29, 1.82) is 0 Å². The summed E-state index contributed by atoms with van der Waals surface area (Å²) in [4.78, 5) is 6.57. The van der Waals surface area contributed by atoms with Crippen molar-refractivity contribution in [2.75, 3.05) is 4.90 Å². The third kappa shape index (κ3) is 4.46. The van der Waals surface area contributed by atoms with Gasteiger partial charge in [-0.3, -0.25) is 4.98 Å². The van der Waals surface area contributed by atoms with Crippen LogP contribution in [0, 0.1) is 6.92 Å². The molecule has 3 aromatic carbocycles. The predicted octanol–water partition coefficient (Wildman–Crippen LogP) is 6.77. The molecule has 0 fully saturated rings. The monoisotopic (exact) mass is 406 g/mol. The van der Waals surface area contributed by atoms with Crippen LogP contribution >= 0.6 is 0 Å². The van der Waals surface area contributed by atoms with E-state index < -0.39 is 11.7 Å². The molecule has 0 unspecified atom stereocenters. The van der Waals surface area contributed by atoms with Gasteiger partial charge in [0.05, 0.1) is 11.1 Å². The molecule has 0 saturated heterocycles. The van der Waals surface area contributed by atoms with Crippen molar-refractivity contribution in [2.24, 2.45) is 0 Å². The van der Waals surface area contributed by atoms with Gasteiger partial charge in [0.25, 0.3) is 0 Å². The first-order valence-corrected chi connectivity index (χ1v) is 9.71. The van der Waals surface area contributed by atoms with E-state index in [9.17, 15) is 13.2 Å². The van der Waals surface area contributed by atoms with Crippen LogP contribution in [0.5, 0.6) is 0 Å². The van der Waals surface area contributed by atoms with Gasteiger partial charge in [0.15, 0.2) is 0 Å². The van der Waals surface area contributed by atoms with E-state index in [1.807, 2.05) is 49.4 Å². The number of halogens is 3. The first kappa shape index (κ1) is 20.0. The van der Waals surface area contributed by atoms with Crippen LogP contribution in [0.3, 0.4) is 0 Å². The number of hydrogen-bond acceptors (Lipinski definition) is 2. The average molecular weight is 406 g/mol. The lowest BCUT2D eigenvalue weighted by Gasteiger charge is -2.27. The second-order valence-electron chi connectivity index (χ2n) is 7.34. The number of nitrogens with zero attached hydrogens (tertiary/aromatic N) is 2. The van der Waals surface area contributed by atoms with Gasteiger partial charge in [0.1, 0.15) is 0 Å². The fourth-order valence-corrected chi connectivity index (χ4v) is 3.61. The van der Waals surface area contributed by atoms with E-state index in [0.29, 0.717) is 29.7 Å². The second kappa shape index (κ2) is 8.19. The molecular formula is C25H21F3N2. The number of hydrogen-bond donors (Lipinski definition) is 0. The number of fused-ring (bicyclic) bond motifs is 1. The summed E-state index contributed by atoms with van der Waals surface area (Å²) in [7, 11) is 0. The summed E-state index contributed by atoms with van der Waals surface area (Å²) in [6.07, 6.45) is -4.40. The summed E-state index contributed by atoms with van der Waals surface area (Å²) in [5.74, 6) is 0. The van der Waals surface area contributed by atoms with Crippen LogP contribution in [-0.2, 0) is 19.3 Å². The third-order valence-electron chi connectivity index (χ3n) is 5.02. The number of rotatable bonds is 5. The Morgan fingerprint density at radius 3 is 1.87 bits per heavy atom. The molecule has 0 bridgehead atoms. The standard InChI is InChI=1S/C25H21F3N2/c1-18-14-24(22-13-12-21(25(26,27)28)15-23(22)29-18)30(16-19-8-4-2-5-9-19)17-20-10-6-3-7-11-20/h2-15H,16-17H2,1H3. The summed E-state index contributed by atoms with van der Waals surface area (Å²) in [6, 6.07) is 25.8. The van der Waals surface area contributed by atoms with Gasteiger partial charge in [-0.1, -0.05) is 66.7 Å². The van der Waals surface area contributed by atoms with Crippen LogP contribution in [-0.4, -0.2) is 4.98 Å². The number of pyridine rings is 1. The van der Waals surface area contributed by atoms with Crippen LogP contribution in [0.2, 0.25) is 0 Å². The Balaban J connectivity index is 1.82. The Labute approximate surface area is 173 Å². The predicted molar refractivity (Wildman–Crippen MR) is 114 cm³/mol. The van der Waals surface area contributed by atoms with E-state index in [4.69, 9.17) is 0 Å². The van der Waals surface area contributed by atoms with Crippen LogP contribution in [0.25, 0.3) is 10.9 Å². The first-order chi connectivity index (χ1) is 14.4. The minimum absolute atomic E-state index is 0.353. The lowest BCUT2D eigenvalue weighted by molar-refractivity contribution is -0.137. The summed E-state index contributed by atoms with van der Waals surface area (Å²) < 4.78 is 39.6. The maximum absolute atomic E-state index is 13.2. The lowest BCUT2D eigenvalue weighted by atomic mass is 10.1. The molecule has 0 amide bonds.